The Morgan fingerprint density at radius 1 is 0.964 bits per heavy atom. The number of hydrogen-bond donors (Lipinski definition) is 3. The summed E-state index contributed by atoms with van der Waals surface area (Å²) in [5.41, 5.74) is 6.99. The van der Waals surface area contributed by atoms with Gasteiger partial charge in [-0.15, -0.1) is 0 Å². The van der Waals surface area contributed by atoms with Crippen LogP contribution < -0.4 is 16.4 Å². The lowest BCUT2D eigenvalue weighted by atomic mass is 10.2. The fourth-order valence-electron chi connectivity index (χ4n) is 2.41. The Balaban J connectivity index is 1.91. The quantitative estimate of drug-likeness (QED) is 0.463. The van der Waals surface area contributed by atoms with Crippen LogP contribution in [0, 0.1) is 6.92 Å². The molecular formula is C18H14Cl2F3N5. The van der Waals surface area contributed by atoms with Gasteiger partial charge in [0.15, 0.2) is 11.6 Å². The molecule has 0 aliphatic heterocycles. The molecule has 0 unspecified atom stereocenters. The van der Waals surface area contributed by atoms with E-state index < -0.39 is 16.8 Å². The highest BCUT2D eigenvalue weighted by atomic mass is 35.5. The number of aromatic nitrogens is 2. The van der Waals surface area contributed by atoms with E-state index in [-0.39, 0.29) is 23.0 Å². The Labute approximate surface area is 168 Å². The van der Waals surface area contributed by atoms with E-state index in [0.29, 0.717) is 10.7 Å². The van der Waals surface area contributed by atoms with Crippen LogP contribution in [0.2, 0.25) is 10.0 Å². The van der Waals surface area contributed by atoms with Gasteiger partial charge in [-0.2, -0.15) is 13.2 Å². The van der Waals surface area contributed by atoms with Crippen LogP contribution in [0.15, 0.2) is 42.7 Å². The van der Waals surface area contributed by atoms with E-state index in [2.05, 4.69) is 20.6 Å². The molecule has 0 aliphatic carbocycles. The molecule has 3 aromatic rings. The van der Waals surface area contributed by atoms with Gasteiger partial charge in [0.1, 0.15) is 12.0 Å². The van der Waals surface area contributed by atoms with Gasteiger partial charge in [-0.05, 0) is 42.8 Å². The molecule has 0 spiro atoms. The number of nitrogens with two attached hydrogens (primary N) is 1. The van der Waals surface area contributed by atoms with Crippen LogP contribution >= 0.6 is 23.2 Å². The maximum atomic E-state index is 13.0. The van der Waals surface area contributed by atoms with E-state index in [1.54, 1.807) is 12.1 Å². The van der Waals surface area contributed by atoms with Crippen molar-refractivity contribution in [2.24, 2.45) is 0 Å². The molecule has 3 rings (SSSR count). The first kappa shape index (κ1) is 20.0. The van der Waals surface area contributed by atoms with E-state index in [1.807, 2.05) is 13.0 Å². The largest absolute Gasteiger partial charge is 0.417 e. The second-order valence-electron chi connectivity index (χ2n) is 5.89. The van der Waals surface area contributed by atoms with Crippen molar-refractivity contribution in [3.63, 3.8) is 0 Å². The molecule has 0 amide bonds. The zero-order valence-electron chi connectivity index (χ0n) is 14.4. The standard InChI is InChI=1S/C18H14Cl2F3N5/c1-9-2-3-10(19)6-14(9)28-17-15(24)16(25-8-26-17)27-11-4-5-13(20)12(7-11)18(21,22)23/h2-8H,24H2,1H3,(H2,25,26,27,28). The third-order valence-corrected chi connectivity index (χ3v) is 4.44. The van der Waals surface area contributed by atoms with Crippen molar-refractivity contribution >= 4 is 51.9 Å². The Bertz CT molecular complexity index is 1020. The van der Waals surface area contributed by atoms with Crippen molar-refractivity contribution in [3.05, 3.63) is 63.9 Å². The van der Waals surface area contributed by atoms with Gasteiger partial charge in [0.25, 0.3) is 0 Å². The van der Waals surface area contributed by atoms with Crippen molar-refractivity contribution in [1.82, 2.24) is 9.97 Å². The number of anilines is 5. The van der Waals surface area contributed by atoms with Crippen molar-refractivity contribution in [3.8, 4) is 0 Å². The van der Waals surface area contributed by atoms with Crippen molar-refractivity contribution in [2.75, 3.05) is 16.4 Å². The molecule has 10 heteroatoms. The molecule has 0 saturated carbocycles. The van der Waals surface area contributed by atoms with Gasteiger partial charge in [0.2, 0.25) is 0 Å². The number of hydrogen-bond acceptors (Lipinski definition) is 5. The second-order valence-corrected chi connectivity index (χ2v) is 6.73. The third-order valence-electron chi connectivity index (χ3n) is 3.87. The highest BCUT2D eigenvalue weighted by molar-refractivity contribution is 6.31. The average Bonchev–Trinajstić information content (AvgIpc) is 2.62. The number of nitrogens with one attached hydrogen (secondary N) is 2. The van der Waals surface area contributed by atoms with Crippen LogP contribution in [0.4, 0.5) is 41.9 Å². The van der Waals surface area contributed by atoms with Gasteiger partial charge in [-0.25, -0.2) is 9.97 Å². The normalized spacial score (nSPS) is 11.4. The first-order valence-electron chi connectivity index (χ1n) is 7.92. The van der Waals surface area contributed by atoms with Crippen LogP contribution in [0.3, 0.4) is 0 Å². The van der Waals surface area contributed by atoms with Crippen molar-refractivity contribution in [1.29, 1.82) is 0 Å². The first-order chi connectivity index (χ1) is 13.1. The molecule has 0 radical (unpaired) electrons. The molecule has 0 bridgehead atoms. The summed E-state index contributed by atoms with van der Waals surface area (Å²) in [5, 5.41) is 5.95. The summed E-state index contributed by atoms with van der Waals surface area (Å²) in [6.45, 7) is 1.88. The minimum atomic E-state index is -4.58. The molecule has 5 nitrogen and oxygen atoms in total. The lowest BCUT2D eigenvalue weighted by Crippen LogP contribution is -2.08. The Kier molecular flexibility index (Phi) is 5.53. The number of nitrogens with zero attached hydrogens (tertiary/aromatic N) is 2. The summed E-state index contributed by atoms with van der Waals surface area (Å²) in [6.07, 6.45) is -3.34. The molecule has 1 heterocycles. The Hall–Kier alpha value is -2.71. The van der Waals surface area contributed by atoms with Crippen LogP contribution in [0.25, 0.3) is 0 Å². The fraction of sp³-hybridized carbons (Fsp3) is 0.111. The molecule has 146 valence electrons. The first-order valence-corrected chi connectivity index (χ1v) is 8.68. The minimum Gasteiger partial charge on any atom is -0.393 e. The van der Waals surface area contributed by atoms with Crippen LogP contribution in [0.5, 0.6) is 0 Å². The van der Waals surface area contributed by atoms with Crippen molar-refractivity contribution in [2.45, 2.75) is 13.1 Å². The van der Waals surface area contributed by atoms with Crippen LogP contribution in [-0.4, -0.2) is 9.97 Å². The predicted octanol–water partition coefficient (Wildman–Crippen LogP) is 6.18. The maximum absolute atomic E-state index is 13.0. The SMILES string of the molecule is Cc1ccc(Cl)cc1Nc1ncnc(Nc2ccc(Cl)c(C(F)(F)F)c2)c1N. The van der Waals surface area contributed by atoms with Gasteiger partial charge in [0.05, 0.1) is 10.6 Å². The molecular weight excluding hydrogens is 414 g/mol. The molecule has 4 N–H and O–H groups in total. The summed E-state index contributed by atoms with van der Waals surface area (Å²) in [5.74, 6) is 0.431. The number of benzene rings is 2. The van der Waals surface area contributed by atoms with E-state index in [4.69, 9.17) is 28.9 Å². The maximum Gasteiger partial charge on any atom is 0.417 e. The van der Waals surface area contributed by atoms with E-state index in [1.165, 1.54) is 12.4 Å². The highest BCUT2D eigenvalue weighted by Crippen LogP contribution is 2.37. The summed E-state index contributed by atoms with van der Waals surface area (Å²) in [4.78, 5) is 8.09. The number of rotatable bonds is 4. The Morgan fingerprint density at radius 2 is 1.64 bits per heavy atom. The lowest BCUT2D eigenvalue weighted by Gasteiger charge is -2.15. The van der Waals surface area contributed by atoms with Crippen molar-refractivity contribution < 1.29 is 13.2 Å². The summed E-state index contributed by atoms with van der Waals surface area (Å²) >= 11 is 11.6. The minimum absolute atomic E-state index is 0.130. The van der Waals surface area contributed by atoms with Gasteiger partial charge >= 0.3 is 6.18 Å². The van der Waals surface area contributed by atoms with Gasteiger partial charge < -0.3 is 16.4 Å². The smallest absolute Gasteiger partial charge is 0.393 e. The van der Waals surface area contributed by atoms with Crippen LogP contribution in [0.1, 0.15) is 11.1 Å². The van der Waals surface area contributed by atoms with E-state index in [9.17, 15) is 13.2 Å². The zero-order valence-corrected chi connectivity index (χ0v) is 15.9. The van der Waals surface area contributed by atoms with Crippen LogP contribution in [-0.2, 0) is 6.18 Å². The lowest BCUT2D eigenvalue weighted by molar-refractivity contribution is -0.137. The molecule has 2 aromatic carbocycles. The topological polar surface area (TPSA) is 75.9 Å². The molecule has 0 atom stereocenters. The predicted molar refractivity (Wildman–Crippen MR) is 106 cm³/mol. The molecule has 0 saturated heterocycles. The molecule has 28 heavy (non-hydrogen) atoms. The van der Waals surface area contributed by atoms with Gasteiger partial charge in [-0.3, -0.25) is 0 Å². The van der Waals surface area contributed by atoms with Gasteiger partial charge in [0, 0.05) is 16.4 Å². The number of aryl methyl sites for hydroxylation is 1. The Morgan fingerprint density at radius 3 is 2.32 bits per heavy atom. The summed E-state index contributed by atoms with van der Waals surface area (Å²) in [6, 6.07) is 8.72. The number of nitrogen functional groups attached to an aromatic ring is 1. The molecule has 0 aliphatic rings. The number of halogens is 5. The second kappa shape index (κ2) is 7.73. The van der Waals surface area contributed by atoms with E-state index in [0.717, 1.165) is 17.7 Å². The fourth-order valence-corrected chi connectivity index (χ4v) is 2.81. The van der Waals surface area contributed by atoms with Gasteiger partial charge in [-0.1, -0.05) is 29.3 Å². The third kappa shape index (κ3) is 4.40. The monoisotopic (exact) mass is 427 g/mol. The number of alkyl halides is 3. The summed E-state index contributed by atoms with van der Waals surface area (Å²) in [7, 11) is 0. The average molecular weight is 428 g/mol. The molecule has 1 aromatic heterocycles. The molecule has 0 fully saturated rings. The highest BCUT2D eigenvalue weighted by Gasteiger charge is 2.33. The van der Waals surface area contributed by atoms with E-state index >= 15 is 0 Å². The summed E-state index contributed by atoms with van der Waals surface area (Å²) < 4.78 is 39.1. The zero-order chi connectivity index (χ0) is 20.5.